The van der Waals surface area contributed by atoms with Gasteiger partial charge in [0.05, 0.1) is 12.7 Å². The summed E-state index contributed by atoms with van der Waals surface area (Å²) >= 11 is 0. The van der Waals surface area contributed by atoms with Gasteiger partial charge in [0.1, 0.15) is 0 Å². The molecule has 0 saturated heterocycles. The molecule has 18 heavy (non-hydrogen) atoms. The summed E-state index contributed by atoms with van der Waals surface area (Å²) in [7, 11) is 0. The Kier molecular flexibility index (Phi) is 5.32. The summed E-state index contributed by atoms with van der Waals surface area (Å²) in [6.45, 7) is 3.21. The zero-order valence-electron chi connectivity index (χ0n) is 10.4. The molecule has 0 bridgehead atoms. The zero-order valence-corrected chi connectivity index (χ0v) is 10.4. The Hall–Kier alpha value is -1.88. The molecule has 98 valence electrons. The molecule has 2 atom stereocenters. The Morgan fingerprint density at radius 3 is 2.44 bits per heavy atom. The van der Waals surface area contributed by atoms with Crippen LogP contribution in [-0.2, 0) is 20.9 Å². The van der Waals surface area contributed by atoms with Gasteiger partial charge >= 0.3 is 5.97 Å². The van der Waals surface area contributed by atoms with Crippen LogP contribution in [-0.4, -0.2) is 29.1 Å². The molecule has 0 aliphatic rings. The third-order valence-corrected chi connectivity index (χ3v) is 2.45. The number of carboxylic acids is 1. The highest BCUT2D eigenvalue weighted by Crippen LogP contribution is 2.06. The van der Waals surface area contributed by atoms with Crippen LogP contribution in [0.25, 0.3) is 0 Å². The minimum atomic E-state index is -1.11. The van der Waals surface area contributed by atoms with Crippen molar-refractivity contribution in [2.75, 3.05) is 0 Å². The maximum atomic E-state index is 11.0. The molecule has 0 unspecified atom stereocenters. The number of benzene rings is 1. The van der Waals surface area contributed by atoms with E-state index in [1.807, 2.05) is 30.3 Å². The molecule has 2 N–H and O–H groups in total. The number of carbonyl (C=O) groups excluding carboxylic acids is 1. The van der Waals surface area contributed by atoms with E-state index in [0.717, 1.165) is 5.56 Å². The highest BCUT2D eigenvalue weighted by Gasteiger charge is 2.26. The molecule has 0 aliphatic carbocycles. The van der Waals surface area contributed by atoms with E-state index in [1.165, 1.54) is 6.92 Å². The molecule has 0 aromatic heterocycles. The summed E-state index contributed by atoms with van der Waals surface area (Å²) < 4.78 is 5.46. The first-order chi connectivity index (χ1) is 8.50. The predicted molar refractivity (Wildman–Crippen MR) is 65.9 cm³/mol. The highest BCUT2D eigenvalue weighted by atomic mass is 16.5. The van der Waals surface area contributed by atoms with Crippen LogP contribution < -0.4 is 5.32 Å². The fourth-order valence-corrected chi connectivity index (χ4v) is 1.50. The van der Waals surface area contributed by atoms with Crippen molar-refractivity contribution in [2.45, 2.75) is 32.6 Å². The van der Waals surface area contributed by atoms with Gasteiger partial charge in [0.2, 0.25) is 5.91 Å². The van der Waals surface area contributed by atoms with E-state index in [0.29, 0.717) is 6.61 Å². The fraction of sp³-hybridized carbons (Fsp3) is 0.385. The second kappa shape index (κ2) is 6.76. The molecule has 0 saturated carbocycles. The number of hydrogen-bond donors (Lipinski definition) is 2. The molecule has 1 aromatic carbocycles. The summed E-state index contributed by atoms with van der Waals surface area (Å²) in [4.78, 5) is 21.9. The first-order valence-corrected chi connectivity index (χ1v) is 5.66. The SMILES string of the molecule is CC(=O)N[C@H](C(=O)O)[C@H](C)OCc1ccccc1. The van der Waals surface area contributed by atoms with E-state index in [-0.39, 0.29) is 0 Å². The molecule has 0 radical (unpaired) electrons. The van der Waals surface area contributed by atoms with Gasteiger partial charge in [0, 0.05) is 6.92 Å². The van der Waals surface area contributed by atoms with Crippen LogP contribution in [0.2, 0.25) is 0 Å². The maximum Gasteiger partial charge on any atom is 0.328 e. The molecule has 1 rings (SSSR count). The largest absolute Gasteiger partial charge is 0.480 e. The lowest BCUT2D eigenvalue weighted by Crippen LogP contribution is -2.47. The van der Waals surface area contributed by atoms with Crippen LogP contribution >= 0.6 is 0 Å². The van der Waals surface area contributed by atoms with Gasteiger partial charge in [-0.05, 0) is 12.5 Å². The third-order valence-electron chi connectivity index (χ3n) is 2.45. The lowest BCUT2D eigenvalue weighted by molar-refractivity contribution is -0.146. The van der Waals surface area contributed by atoms with E-state index in [2.05, 4.69) is 5.32 Å². The van der Waals surface area contributed by atoms with Crippen molar-refractivity contribution < 1.29 is 19.4 Å². The van der Waals surface area contributed by atoms with Crippen molar-refractivity contribution in [2.24, 2.45) is 0 Å². The number of carbonyl (C=O) groups is 2. The smallest absolute Gasteiger partial charge is 0.328 e. The number of nitrogens with one attached hydrogen (secondary N) is 1. The molecule has 0 spiro atoms. The lowest BCUT2D eigenvalue weighted by Gasteiger charge is -2.21. The minimum Gasteiger partial charge on any atom is -0.480 e. The van der Waals surface area contributed by atoms with Gasteiger partial charge in [-0.15, -0.1) is 0 Å². The first kappa shape index (κ1) is 14.2. The van der Waals surface area contributed by atoms with Crippen molar-refractivity contribution in [3.63, 3.8) is 0 Å². The highest BCUT2D eigenvalue weighted by molar-refractivity contribution is 5.82. The maximum absolute atomic E-state index is 11.0. The van der Waals surface area contributed by atoms with Crippen molar-refractivity contribution >= 4 is 11.9 Å². The van der Waals surface area contributed by atoms with E-state index in [4.69, 9.17) is 9.84 Å². The van der Waals surface area contributed by atoms with Crippen LogP contribution in [0.1, 0.15) is 19.4 Å². The summed E-state index contributed by atoms with van der Waals surface area (Å²) in [6, 6.07) is 8.40. The number of aliphatic carboxylic acids is 1. The molecule has 0 aliphatic heterocycles. The molecule has 0 heterocycles. The van der Waals surface area contributed by atoms with E-state index >= 15 is 0 Å². The fourth-order valence-electron chi connectivity index (χ4n) is 1.50. The van der Waals surface area contributed by atoms with E-state index in [1.54, 1.807) is 6.92 Å². The Morgan fingerprint density at radius 2 is 1.94 bits per heavy atom. The van der Waals surface area contributed by atoms with Gasteiger partial charge in [-0.1, -0.05) is 30.3 Å². The van der Waals surface area contributed by atoms with Gasteiger partial charge < -0.3 is 15.2 Å². The van der Waals surface area contributed by atoms with E-state index < -0.39 is 24.0 Å². The second-order valence-corrected chi connectivity index (χ2v) is 4.02. The van der Waals surface area contributed by atoms with Crippen molar-refractivity contribution in [3.8, 4) is 0 Å². The van der Waals surface area contributed by atoms with Crippen molar-refractivity contribution in [1.82, 2.24) is 5.32 Å². The average molecular weight is 251 g/mol. The number of carboxylic acid groups (broad SMARTS) is 1. The Balaban J connectivity index is 2.54. The molecule has 5 nitrogen and oxygen atoms in total. The summed E-state index contributed by atoms with van der Waals surface area (Å²) in [5.41, 5.74) is 0.955. The Labute approximate surface area is 106 Å². The van der Waals surface area contributed by atoms with Gasteiger partial charge in [-0.3, -0.25) is 4.79 Å². The summed E-state index contributed by atoms with van der Waals surface area (Å²) in [6.07, 6.45) is -0.605. The van der Waals surface area contributed by atoms with Crippen LogP contribution in [0.3, 0.4) is 0 Å². The first-order valence-electron chi connectivity index (χ1n) is 5.66. The summed E-state index contributed by atoms with van der Waals surface area (Å²) in [5.74, 6) is -1.50. The standard InChI is InChI=1S/C13H17NO4/c1-9(12(13(16)17)14-10(2)15)18-8-11-6-4-3-5-7-11/h3-7,9,12H,8H2,1-2H3,(H,14,15)(H,16,17)/t9-,12-/m0/s1. The van der Waals surface area contributed by atoms with Gasteiger partial charge in [-0.2, -0.15) is 0 Å². The molecular formula is C13H17NO4. The van der Waals surface area contributed by atoms with Crippen LogP contribution in [0, 0.1) is 0 Å². The lowest BCUT2D eigenvalue weighted by atomic mass is 10.1. The second-order valence-electron chi connectivity index (χ2n) is 4.02. The van der Waals surface area contributed by atoms with Crippen molar-refractivity contribution in [3.05, 3.63) is 35.9 Å². The molecule has 5 heteroatoms. The number of hydrogen-bond acceptors (Lipinski definition) is 3. The number of amides is 1. The summed E-state index contributed by atoms with van der Waals surface area (Å²) in [5, 5.41) is 11.3. The Morgan fingerprint density at radius 1 is 1.33 bits per heavy atom. The molecular weight excluding hydrogens is 234 g/mol. The van der Waals surface area contributed by atoms with Crippen molar-refractivity contribution in [1.29, 1.82) is 0 Å². The predicted octanol–water partition coefficient (Wildman–Crippen LogP) is 1.18. The minimum absolute atomic E-state index is 0.311. The average Bonchev–Trinajstić information content (AvgIpc) is 2.34. The molecule has 1 aromatic rings. The number of ether oxygens (including phenoxy) is 1. The molecule has 0 fully saturated rings. The van der Waals surface area contributed by atoms with Crippen LogP contribution in [0.15, 0.2) is 30.3 Å². The van der Waals surface area contributed by atoms with Gasteiger partial charge in [0.25, 0.3) is 0 Å². The topological polar surface area (TPSA) is 75.6 Å². The third kappa shape index (κ3) is 4.55. The monoisotopic (exact) mass is 251 g/mol. The van der Waals surface area contributed by atoms with Gasteiger partial charge in [0.15, 0.2) is 6.04 Å². The number of rotatable bonds is 6. The quantitative estimate of drug-likeness (QED) is 0.796. The normalized spacial score (nSPS) is 13.7. The van der Waals surface area contributed by atoms with Crippen LogP contribution in [0.5, 0.6) is 0 Å². The van der Waals surface area contributed by atoms with E-state index in [9.17, 15) is 9.59 Å². The van der Waals surface area contributed by atoms with Crippen LogP contribution in [0.4, 0.5) is 0 Å². The zero-order chi connectivity index (χ0) is 13.5. The molecule has 1 amide bonds. The Bertz CT molecular complexity index is 405. The van der Waals surface area contributed by atoms with Gasteiger partial charge in [-0.25, -0.2) is 4.79 Å².